The van der Waals surface area contributed by atoms with Crippen LogP contribution in [0.2, 0.25) is 10.0 Å². The fraction of sp³-hybridized carbons (Fsp3) is 0.533. The molecule has 10 nitrogen and oxygen atoms in total. The minimum atomic E-state index is -5.12. The van der Waals surface area contributed by atoms with Crippen molar-refractivity contribution in [2.75, 3.05) is 93.8 Å². The molecule has 3 aromatic carbocycles. The fourth-order valence-corrected chi connectivity index (χ4v) is 9.31. The van der Waals surface area contributed by atoms with E-state index in [1.165, 1.54) is 16.0 Å². The summed E-state index contributed by atoms with van der Waals surface area (Å²) in [6.07, 6.45) is -7.48. The van der Waals surface area contributed by atoms with Crippen molar-refractivity contribution < 1.29 is 50.2 Å². The third-order valence-corrected chi connectivity index (χ3v) is 13.3. The number of carbonyl (C=O) groups is 3. The lowest BCUT2D eigenvalue weighted by molar-refractivity contribution is -0.143. The van der Waals surface area contributed by atoms with Crippen LogP contribution in [0.4, 0.5) is 26.3 Å². The first kappa shape index (κ1) is 54.3. The average Bonchev–Trinajstić information content (AvgIpc) is 3.54. The second-order valence-electron chi connectivity index (χ2n) is 17.1. The molecule has 1 spiro atoms. The number of ether oxygens (including phenoxy) is 2. The maximum Gasteiger partial charge on any atom is 0.416 e. The predicted molar refractivity (Wildman–Crippen MR) is 241 cm³/mol. The van der Waals surface area contributed by atoms with Crippen LogP contribution in [0.1, 0.15) is 63.9 Å². The molecular formula is C45H55Cl4F6N5O5. The number of amides is 3. The normalized spacial score (nSPS) is 19.6. The number of likely N-dealkylation sites (tertiary alicyclic amines) is 1. The molecular weight excluding hydrogens is 946 g/mol. The zero-order valence-corrected chi connectivity index (χ0v) is 39.7. The molecule has 2 atom stereocenters. The number of likely N-dealkylation sites (N-methyl/N-ethyl adjacent to an activating group) is 3. The van der Waals surface area contributed by atoms with Crippen LogP contribution in [0.15, 0.2) is 60.7 Å². The van der Waals surface area contributed by atoms with Gasteiger partial charge in [0.25, 0.3) is 5.91 Å². The number of benzene rings is 3. The van der Waals surface area contributed by atoms with Gasteiger partial charge in [-0.25, -0.2) is 0 Å². The van der Waals surface area contributed by atoms with Gasteiger partial charge in [0.1, 0.15) is 12.2 Å². The van der Waals surface area contributed by atoms with Crippen molar-refractivity contribution in [2.45, 2.75) is 61.6 Å². The van der Waals surface area contributed by atoms with E-state index in [0.29, 0.717) is 89.1 Å². The van der Waals surface area contributed by atoms with Gasteiger partial charge in [0.2, 0.25) is 11.8 Å². The van der Waals surface area contributed by atoms with Gasteiger partial charge in [-0.3, -0.25) is 14.4 Å². The van der Waals surface area contributed by atoms with E-state index < -0.39 is 40.6 Å². The number of hydrogen-bond acceptors (Lipinski definition) is 7. The Hall–Kier alpha value is -3.35. The van der Waals surface area contributed by atoms with Crippen LogP contribution in [0.25, 0.3) is 0 Å². The maximum absolute atomic E-state index is 13.9. The first-order valence-corrected chi connectivity index (χ1v) is 21.6. The summed E-state index contributed by atoms with van der Waals surface area (Å²) in [5.41, 5.74) is -2.55. The molecule has 360 valence electrons. The molecule has 2 heterocycles. The molecule has 1 aliphatic carbocycles. The molecule has 65 heavy (non-hydrogen) atoms. The Balaban J connectivity index is 0.00000462. The van der Waals surface area contributed by atoms with Crippen molar-refractivity contribution in [2.24, 2.45) is 0 Å². The van der Waals surface area contributed by atoms with Crippen molar-refractivity contribution in [3.05, 3.63) is 104 Å². The zero-order valence-electron chi connectivity index (χ0n) is 36.6. The van der Waals surface area contributed by atoms with E-state index in [0.717, 1.165) is 0 Å². The van der Waals surface area contributed by atoms with E-state index in [2.05, 4.69) is 17.0 Å². The van der Waals surface area contributed by atoms with E-state index in [9.17, 15) is 40.7 Å². The highest BCUT2D eigenvalue weighted by Crippen LogP contribution is 2.48. The van der Waals surface area contributed by atoms with Crippen LogP contribution in [0.5, 0.6) is 0 Å². The number of rotatable bonds is 14. The largest absolute Gasteiger partial charge is 0.416 e. The topological polar surface area (TPSA) is 85.9 Å². The Labute approximate surface area is 398 Å². The van der Waals surface area contributed by atoms with E-state index in [-0.39, 0.29) is 90.6 Å². The molecule has 0 aromatic heterocycles. The van der Waals surface area contributed by atoms with Crippen molar-refractivity contribution in [1.29, 1.82) is 0 Å². The van der Waals surface area contributed by atoms with Crippen LogP contribution in [0, 0.1) is 0 Å². The predicted octanol–water partition coefficient (Wildman–Crippen LogP) is 8.48. The van der Waals surface area contributed by atoms with Gasteiger partial charge in [0.05, 0.1) is 47.0 Å². The molecule has 0 radical (unpaired) electrons. The first-order valence-electron chi connectivity index (χ1n) is 20.9. The minimum Gasteiger partial charge on any atom is -0.367 e. The van der Waals surface area contributed by atoms with Gasteiger partial charge in [-0.1, -0.05) is 53.5 Å². The summed E-state index contributed by atoms with van der Waals surface area (Å²) in [5, 5.41) is 0.478. The first-order chi connectivity index (χ1) is 29.6. The smallest absolute Gasteiger partial charge is 0.367 e. The van der Waals surface area contributed by atoms with Gasteiger partial charge in [-0.15, -0.1) is 24.8 Å². The van der Waals surface area contributed by atoms with E-state index >= 15 is 0 Å². The number of halogens is 10. The van der Waals surface area contributed by atoms with Gasteiger partial charge in [0, 0.05) is 51.3 Å². The molecule has 0 unspecified atom stereocenters. The summed E-state index contributed by atoms with van der Waals surface area (Å²) in [4.78, 5) is 48.1. The molecule has 0 saturated carbocycles. The average molecular weight is 1000 g/mol. The summed E-state index contributed by atoms with van der Waals surface area (Å²) < 4.78 is 95.5. The van der Waals surface area contributed by atoms with Gasteiger partial charge >= 0.3 is 12.4 Å². The molecule has 0 N–H and O–H groups in total. The number of piperidine rings is 1. The van der Waals surface area contributed by atoms with E-state index in [1.54, 1.807) is 42.1 Å². The lowest BCUT2D eigenvalue weighted by atomic mass is 9.72. The van der Waals surface area contributed by atoms with Crippen LogP contribution in [-0.4, -0.2) is 142 Å². The van der Waals surface area contributed by atoms with Gasteiger partial charge in [-0.05, 0) is 106 Å². The van der Waals surface area contributed by atoms with Gasteiger partial charge in [0.15, 0.2) is 0 Å². The van der Waals surface area contributed by atoms with Crippen LogP contribution >= 0.6 is 48.0 Å². The number of alkyl halides is 6. The van der Waals surface area contributed by atoms with Crippen LogP contribution in [0.3, 0.4) is 0 Å². The lowest BCUT2D eigenvalue weighted by Crippen LogP contribution is -2.54. The van der Waals surface area contributed by atoms with E-state index in [4.69, 9.17) is 32.7 Å². The molecule has 3 aliphatic rings. The fourth-order valence-electron chi connectivity index (χ4n) is 9.01. The highest BCUT2D eigenvalue weighted by atomic mass is 35.5. The van der Waals surface area contributed by atoms with Crippen molar-refractivity contribution in [1.82, 2.24) is 24.5 Å². The molecule has 0 bridgehead atoms. The van der Waals surface area contributed by atoms with Crippen molar-refractivity contribution in [3.63, 3.8) is 0 Å². The third-order valence-electron chi connectivity index (χ3n) is 12.6. The standard InChI is InChI=1S/C45H53Cl2F6N5O5.2ClH/c1-54(2)27-39(59)55(3)15-7-16-56(4)40(60)28-62-38-24-30-8-5-6-9-35(30)42(38)12-17-57(18-13-42)19-14-43(32-10-11-36(46)37(47)26-32)29-58(20-21-63-43)41(61)31-22-33(44(48,49)50)25-34(23-31)45(51,52)53;;/h5-6,8-11,22-23,25-26,38H,7,12-21,24,27-29H2,1-4H3;2*1H/t38-,43-;;/m0../s1. The Morgan fingerprint density at radius 2 is 1.43 bits per heavy atom. The summed E-state index contributed by atoms with van der Waals surface area (Å²) in [6, 6.07) is 14.0. The maximum atomic E-state index is 13.9. The highest BCUT2D eigenvalue weighted by Gasteiger charge is 2.50. The molecule has 6 rings (SSSR count). The summed E-state index contributed by atoms with van der Waals surface area (Å²) >= 11 is 12.7. The van der Waals surface area contributed by atoms with Crippen LogP contribution in [-0.2, 0) is 48.9 Å². The number of carbonyl (C=O) groups excluding carboxylic acids is 3. The Morgan fingerprint density at radius 1 is 0.815 bits per heavy atom. The molecule has 2 aliphatic heterocycles. The molecule has 2 fully saturated rings. The van der Waals surface area contributed by atoms with Crippen molar-refractivity contribution >= 4 is 65.7 Å². The minimum absolute atomic E-state index is 0. The van der Waals surface area contributed by atoms with Gasteiger partial charge < -0.3 is 34.0 Å². The number of hydrogen-bond donors (Lipinski definition) is 0. The second-order valence-corrected chi connectivity index (χ2v) is 17.9. The van der Waals surface area contributed by atoms with Crippen LogP contribution < -0.4 is 0 Å². The summed E-state index contributed by atoms with van der Waals surface area (Å²) in [5.74, 6) is -1.14. The molecule has 2 saturated heterocycles. The summed E-state index contributed by atoms with van der Waals surface area (Å²) in [6.45, 7) is 2.68. The monoisotopic (exact) mass is 999 g/mol. The number of nitrogens with zero attached hydrogens (tertiary/aromatic N) is 5. The lowest BCUT2D eigenvalue weighted by Gasteiger charge is -2.46. The Kier molecular flexibility index (Phi) is 18.5. The molecule has 20 heteroatoms. The quantitative estimate of drug-likeness (QED) is 0.150. The number of fused-ring (bicyclic) bond motifs is 2. The molecule has 3 aromatic rings. The SMILES string of the molecule is CN(C)CC(=O)N(C)CCCN(C)C(=O)CO[C@H]1Cc2ccccc2C12CCN(CC[C@@]1(c3ccc(Cl)c(Cl)c3)CN(C(=O)c3cc(C(F)(F)F)cc(C(F)(F)F)c3)CCO1)CC2.Cl.Cl. The number of morpholine rings is 1. The molecule has 3 amide bonds. The summed E-state index contributed by atoms with van der Waals surface area (Å²) in [7, 11) is 7.15. The van der Waals surface area contributed by atoms with E-state index in [1.807, 2.05) is 31.1 Å². The van der Waals surface area contributed by atoms with Crippen molar-refractivity contribution in [3.8, 4) is 0 Å². The second kappa shape index (κ2) is 22.2. The Bertz CT molecular complexity index is 2110. The Morgan fingerprint density at radius 3 is 2.03 bits per heavy atom. The zero-order chi connectivity index (χ0) is 45.9. The van der Waals surface area contributed by atoms with Gasteiger partial charge in [-0.2, -0.15) is 26.3 Å². The highest BCUT2D eigenvalue weighted by molar-refractivity contribution is 6.42. The third kappa shape index (κ3) is 12.8.